The van der Waals surface area contributed by atoms with Crippen LogP contribution in [-0.2, 0) is 16.1 Å². The number of benzene rings is 1. The number of amides is 3. The molecule has 4 aliphatic rings. The van der Waals surface area contributed by atoms with E-state index in [0.29, 0.717) is 24.4 Å². The first-order valence-electron chi connectivity index (χ1n) is 12.4. The second kappa shape index (κ2) is 9.03. The number of nitrogens with zero attached hydrogens (tertiary/aromatic N) is 2. The van der Waals surface area contributed by atoms with Gasteiger partial charge in [0.15, 0.2) is 0 Å². The quantitative estimate of drug-likeness (QED) is 0.626. The van der Waals surface area contributed by atoms with Gasteiger partial charge in [0.25, 0.3) is 5.91 Å². The van der Waals surface area contributed by atoms with Crippen LogP contribution in [0.1, 0.15) is 74.2 Å². The Labute approximate surface area is 200 Å². The van der Waals surface area contributed by atoms with Gasteiger partial charge in [0, 0.05) is 24.6 Å². The van der Waals surface area contributed by atoms with Crippen molar-refractivity contribution in [3.63, 3.8) is 0 Å². The minimum atomic E-state index is -0.608. The van der Waals surface area contributed by atoms with Crippen molar-refractivity contribution in [3.05, 3.63) is 29.3 Å². The molecule has 2 aliphatic carbocycles. The predicted molar refractivity (Wildman–Crippen MR) is 124 cm³/mol. The van der Waals surface area contributed by atoms with Crippen LogP contribution in [0.25, 0.3) is 0 Å². The van der Waals surface area contributed by atoms with Crippen LogP contribution in [0, 0.1) is 22.7 Å². The van der Waals surface area contributed by atoms with E-state index in [1.807, 2.05) is 19.1 Å². The highest BCUT2D eigenvalue weighted by Gasteiger charge is 2.41. The third-order valence-corrected chi connectivity index (χ3v) is 7.90. The maximum absolute atomic E-state index is 12.9. The van der Waals surface area contributed by atoms with E-state index in [-0.39, 0.29) is 35.8 Å². The Morgan fingerprint density at radius 1 is 1.21 bits per heavy atom. The first-order chi connectivity index (χ1) is 16.3. The number of imide groups is 1. The van der Waals surface area contributed by atoms with Gasteiger partial charge in [-0.25, -0.2) is 0 Å². The smallest absolute Gasteiger partial charge is 0.255 e. The van der Waals surface area contributed by atoms with E-state index < -0.39 is 11.9 Å². The number of nitrogens with one attached hydrogen (secondary N) is 2. The second-order valence-corrected chi connectivity index (χ2v) is 10.6. The standard InChI is InChI=1S/C26H32N4O4/c1-26(15-27)11-16(12-26)13-28-20-4-2-3-5-22(20)34-18-6-7-19-17(10-18)14-30(25(19)33)21-8-9-23(31)29-24(21)32/h6-7,10,16,20-22,28H,2-5,8-9,11-14H2,1H3,(H,29,31,32)/t16-,20-,21?,22-,26-/m0/s1. The van der Waals surface area contributed by atoms with Gasteiger partial charge in [0.1, 0.15) is 17.9 Å². The number of hydrogen-bond acceptors (Lipinski definition) is 6. The molecule has 0 aromatic heterocycles. The van der Waals surface area contributed by atoms with Crippen LogP contribution in [0.2, 0.25) is 0 Å². The molecule has 5 rings (SSSR count). The summed E-state index contributed by atoms with van der Waals surface area (Å²) in [5, 5.41) is 15.3. The molecule has 3 atom stereocenters. The van der Waals surface area contributed by atoms with E-state index in [2.05, 4.69) is 16.7 Å². The third-order valence-electron chi connectivity index (χ3n) is 7.90. The van der Waals surface area contributed by atoms with Crippen LogP contribution in [-0.4, -0.2) is 47.4 Å². The molecule has 180 valence electrons. The summed E-state index contributed by atoms with van der Waals surface area (Å²) in [6, 6.07) is 7.66. The summed E-state index contributed by atoms with van der Waals surface area (Å²) in [5.41, 5.74) is 1.30. The number of hydrogen-bond donors (Lipinski definition) is 2. The van der Waals surface area contributed by atoms with E-state index in [1.54, 1.807) is 11.0 Å². The fourth-order valence-corrected chi connectivity index (χ4v) is 6.04. The van der Waals surface area contributed by atoms with Crippen LogP contribution >= 0.6 is 0 Å². The van der Waals surface area contributed by atoms with Gasteiger partial charge >= 0.3 is 0 Å². The molecule has 0 radical (unpaired) electrons. The zero-order valence-corrected chi connectivity index (χ0v) is 19.6. The Bertz CT molecular complexity index is 1040. The van der Waals surface area contributed by atoms with E-state index in [4.69, 9.17) is 4.74 Å². The predicted octanol–water partition coefficient (Wildman–Crippen LogP) is 2.67. The van der Waals surface area contributed by atoms with E-state index in [9.17, 15) is 19.6 Å². The summed E-state index contributed by atoms with van der Waals surface area (Å²) >= 11 is 0. The largest absolute Gasteiger partial charge is 0.489 e. The van der Waals surface area contributed by atoms with Crippen LogP contribution in [0.4, 0.5) is 0 Å². The zero-order chi connectivity index (χ0) is 23.9. The lowest BCUT2D eigenvalue weighted by molar-refractivity contribution is -0.136. The number of ether oxygens (including phenoxy) is 1. The number of carbonyl (C=O) groups excluding carboxylic acids is 3. The Kier molecular flexibility index (Phi) is 6.07. The minimum Gasteiger partial charge on any atom is -0.489 e. The highest BCUT2D eigenvalue weighted by atomic mass is 16.5. The van der Waals surface area contributed by atoms with Crippen molar-refractivity contribution >= 4 is 17.7 Å². The van der Waals surface area contributed by atoms with Crippen molar-refractivity contribution in [1.29, 1.82) is 5.26 Å². The average molecular weight is 465 g/mol. The number of piperidine rings is 1. The lowest BCUT2D eigenvalue weighted by Crippen LogP contribution is -2.52. The highest BCUT2D eigenvalue weighted by Crippen LogP contribution is 2.44. The van der Waals surface area contributed by atoms with Crippen LogP contribution in [0.15, 0.2) is 18.2 Å². The highest BCUT2D eigenvalue weighted by molar-refractivity contribution is 6.05. The fourth-order valence-electron chi connectivity index (χ4n) is 6.04. The van der Waals surface area contributed by atoms with Crippen molar-refractivity contribution in [2.45, 2.75) is 83.0 Å². The molecule has 1 unspecified atom stereocenters. The summed E-state index contributed by atoms with van der Waals surface area (Å²) in [6.45, 7) is 3.31. The van der Waals surface area contributed by atoms with Gasteiger partial charge in [0.2, 0.25) is 11.8 Å². The maximum atomic E-state index is 12.9. The van der Waals surface area contributed by atoms with Crippen LogP contribution in [0.5, 0.6) is 5.75 Å². The Hall–Kier alpha value is -2.92. The molecule has 1 aromatic rings. The number of carbonyl (C=O) groups is 3. The molecule has 8 heteroatoms. The van der Waals surface area contributed by atoms with Crippen LogP contribution < -0.4 is 15.4 Å². The van der Waals surface area contributed by atoms with Crippen molar-refractivity contribution in [2.75, 3.05) is 6.54 Å². The molecule has 2 aliphatic heterocycles. The van der Waals surface area contributed by atoms with Gasteiger partial charge in [-0.15, -0.1) is 0 Å². The molecule has 2 N–H and O–H groups in total. The monoisotopic (exact) mass is 464 g/mol. The zero-order valence-electron chi connectivity index (χ0n) is 19.6. The summed E-state index contributed by atoms with van der Waals surface area (Å²) in [7, 11) is 0. The molecule has 1 saturated heterocycles. The first-order valence-corrected chi connectivity index (χ1v) is 12.4. The van der Waals surface area contributed by atoms with Gasteiger partial charge in [0.05, 0.1) is 11.5 Å². The molecule has 1 aromatic carbocycles. The minimum absolute atomic E-state index is 0.0672. The molecule has 2 heterocycles. The molecule has 0 bridgehead atoms. The van der Waals surface area contributed by atoms with E-state index >= 15 is 0 Å². The molecule has 3 amide bonds. The molecule has 0 spiro atoms. The second-order valence-electron chi connectivity index (χ2n) is 10.6. The Morgan fingerprint density at radius 3 is 2.76 bits per heavy atom. The average Bonchev–Trinajstić information content (AvgIpc) is 3.12. The number of nitriles is 1. The maximum Gasteiger partial charge on any atom is 0.255 e. The molecule has 8 nitrogen and oxygen atoms in total. The molecule has 2 saturated carbocycles. The van der Waals surface area contributed by atoms with E-state index in [1.165, 1.54) is 6.42 Å². The van der Waals surface area contributed by atoms with Crippen molar-refractivity contribution < 1.29 is 19.1 Å². The van der Waals surface area contributed by atoms with Crippen molar-refractivity contribution in [3.8, 4) is 11.8 Å². The molecular formula is C26H32N4O4. The number of fused-ring (bicyclic) bond motifs is 1. The van der Waals surface area contributed by atoms with Crippen LogP contribution in [0.3, 0.4) is 0 Å². The Balaban J connectivity index is 1.21. The van der Waals surface area contributed by atoms with Crippen molar-refractivity contribution in [2.24, 2.45) is 11.3 Å². The normalized spacial score (nSPS) is 33.1. The Morgan fingerprint density at radius 2 is 2.00 bits per heavy atom. The summed E-state index contributed by atoms with van der Waals surface area (Å²) < 4.78 is 6.42. The van der Waals surface area contributed by atoms with Gasteiger partial charge in [-0.05, 0) is 81.7 Å². The lowest BCUT2D eigenvalue weighted by atomic mass is 9.64. The third kappa shape index (κ3) is 4.41. The van der Waals surface area contributed by atoms with Gasteiger partial charge in [-0.1, -0.05) is 6.42 Å². The summed E-state index contributed by atoms with van der Waals surface area (Å²) in [5.74, 6) is 0.449. The fraction of sp³-hybridized carbons (Fsp3) is 0.615. The molecular weight excluding hydrogens is 432 g/mol. The topological polar surface area (TPSA) is 112 Å². The lowest BCUT2D eigenvalue weighted by Gasteiger charge is -2.41. The van der Waals surface area contributed by atoms with Gasteiger partial charge in [-0.2, -0.15) is 5.26 Å². The summed E-state index contributed by atoms with van der Waals surface area (Å²) in [4.78, 5) is 38.2. The molecule has 3 fully saturated rings. The van der Waals surface area contributed by atoms with E-state index in [0.717, 1.165) is 50.0 Å². The van der Waals surface area contributed by atoms with Gasteiger partial charge in [-0.3, -0.25) is 19.7 Å². The SMILES string of the molecule is C[C@]1(C#N)C[C@H](CN[C@H]2CCCC[C@@H]2Oc2ccc3c(c2)CN(C2CCC(=O)NC2=O)C3=O)C1. The van der Waals surface area contributed by atoms with Crippen molar-refractivity contribution in [1.82, 2.24) is 15.5 Å². The summed E-state index contributed by atoms with van der Waals surface area (Å²) in [6.07, 6.45) is 6.95. The van der Waals surface area contributed by atoms with Gasteiger partial charge < -0.3 is 15.0 Å². The first kappa shape index (κ1) is 22.9. The molecule has 34 heavy (non-hydrogen) atoms. The number of rotatable bonds is 6.